The second-order valence-corrected chi connectivity index (χ2v) is 9.15. The maximum atomic E-state index is 13.6. The molecule has 0 N–H and O–H groups in total. The maximum Gasteiger partial charge on any atom is 0.332 e. The van der Waals surface area contributed by atoms with Gasteiger partial charge >= 0.3 is 5.69 Å². The summed E-state index contributed by atoms with van der Waals surface area (Å²) in [6, 6.07) is 16.4. The molecule has 7 heteroatoms. The first-order valence-corrected chi connectivity index (χ1v) is 11.5. The van der Waals surface area contributed by atoms with E-state index in [2.05, 4.69) is 43.0 Å². The highest BCUT2D eigenvalue weighted by atomic mass is 16.2. The summed E-state index contributed by atoms with van der Waals surface area (Å²) in [5, 5.41) is 0. The van der Waals surface area contributed by atoms with Gasteiger partial charge in [0.1, 0.15) is 0 Å². The van der Waals surface area contributed by atoms with Crippen molar-refractivity contribution in [3.05, 3.63) is 86.1 Å². The highest BCUT2D eigenvalue weighted by Crippen LogP contribution is 2.33. The smallest absolute Gasteiger partial charge is 0.312 e. The summed E-state index contributed by atoms with van der Waals surface area (Å²) in [5.74, 6) is 1.04. The van der Waals surface area contributed by atoms with Gasteiger partial charge in [0.15, 0.2) is 11.2 Å². The molecule has 0 fully saturated rings. The monoisotopic (exact) mass is 443 g/mol. The SMILES string of the molecule is CCc1ccc(N2C[C@@H](C)Cn3c2nc2c3c(=O)n(Cc3cccc(C)c3)c(=O)n2C)cc1. The van der Waals surface area contributed by atoms with Crippen LogP contribution in [0.25, 0.3) is 11.2 Å². The van der Waals surface area contributed by atoms with E-state index in [1.165, 1.54) is 14.7 Å². The molecule has 33 heavy (non-hydrogen) atoms. The standard InChI is InChI=1S/C26H29N5O2/c1-5-19-9-11-21(12-10-19)29-14-18(3)15-30-22-23(27-25(29)30)28(4)26(33)31(24(22)32)16-20-8-6-7-17(2)13-20/h6-13,18H,5,14-16H2,1-4H3/t18-/m1/s1. The van der Waals surface area contributed by atoms with Gasteiger partial charge in [-0.15, -0.1) is 0 Å². The van der Waals surface area contributed by atoms with Crippen molar-refractivity contribution in [1.29, 1.82) is 0 Å². The van der Waals surface area contributed by atoms with Gasteiger partial charge in [-0.25, -0.2) is 4.79 Å². The van der Waals surface area contributed by atoms with E-state index in [1.54, 1.807) is 7.05 Å². The van der Waals surface area contributed by atoms with Gasteiger partial charge in [0.05, 0.1) is 6.54 Å². The van der Waals surface area contributed by atoms with Crippen LogP contribution in [-0.2, 0) is 26.6 Å². The molecule has 4 aromatic rings. The molecule has 1 atom stereocenters. The van der Waals surface area contributed by atoms with E-state index < -0.39 is 0 Å². The number of anilines is 2. The van der Waals surface area contributed by atoms with Gasteiger partial charge in [-0.3, -0.25) is 13.9 Å². The number of fused-ring (bicyclic) bond motifs is 3. The Labute approximate surface area is 192 Å². The molecule has 0 unspecified atom stereocenters. The number of rotatable bonds is 4. The average molecular weight is 444 g/mol. The van der Waals surface area contributed by atoms with Crippen LogP contribution in [0.15, 0.2) is 58.1 Å². The van der Waals surface area contributed by atoms with E-state index in [0.717, 1.165) is 29.8 Å². The van der Waals surface area contributed by atoms with Crippen LogP contribution in [0.1, 0.15) is 30.5 Å². The van der Waals surface area contributed by atoms with Crippen molar-refractivity contribution in [2.75, 3.05) is 11.4 Å². The van der Waals surface area contributed by atoms with Crippen LogP contribution >= 0.6 is 0 Å². The lowest BCUT2D eigenvalue weighted by Crippen LogP contribution is -2.40. The third-order valence-corrected chi connectivity index (χ3v) is 6.52. The topological polar surface area (TPSA) is 65.1 Å². The van der Waals surface area contributed by atoms with Gasteiger partial charge < -0.3 is 9.47 Å². The molecule has 0 aliphatic carbocycles. The minimum absolute atomic E-state index is 0.237. The van der Waals surface area contributed by atoms with Gasteiger partial charge in [0, 0.05) is 25.8 Å². The minimum atomic E-state index is -0.351. The summed E-state index contributed by atoms with van der Waals surface area (Å²) in [6.45, 7) is 8.05. The number of imidazole rings is 1. The van der Waals surface area contributed by atoms with Gasteiger partial charge in [-0.05, 0) is 42.5 Å². The lowest BCUT2D eigenvalue weighted by atomic mass is 10.1. The largest absolute Gasteiger partial charge is 0.332 e. The van der Waals surface area contributed by atoms with Crippen molar-refractivity contribution in [1.82, 2.24) is 18.7 Å². The molecule has 7 nitrogen and oxygen atoms in total. The Balaban J connectivity index is 1.69. The number of nitrogens with zero attached hydrogens (tertiary/aromatic N) is 5. The van der Waals surface area contributed by atoms with Gasteiger partial charge in [0.2, 0.25) is 5.95 Å². The molecule has 2 aromatic carbocycles. The Bertz CT molecular complexity index is 1460. The Kier molecular flexibility index (Phi) is 5.19. The number of hydrogen-bond acceptors (Lipinski definition) is 4. The van der Waals surface area contributed by atoms with E-state index >= 15 is 0 Å². The molecule has 0 bridgehead atoms. The van der Waals surface area contributed by atoms with Crippen molar-refractivity contribution in [2.45, 2.75) is 40.3 Å². The molecule has 170 valence electrons. The van der Waals surface area contributed by atoms with E-state index in [1.807, 2.05) is 35.8 Å². The van der Waals surface area contributed by atoms with Crippen LogP contribution in [0.2, 0.25) is 0 Å². The maximum absolute atomic E-state index is 13.6. The minimum Gasteiger partial charge on any atom is -0.312 e. The summed E-state index contributed by atoms with van der Waals surface area (Å²) in [4.78, 5) is 33.7. The van der Waals surface area contributed by atoms with Crippen LogP contribution in [0, 0.1) is 12.8 Å². The fourth-order valence-corrected chi connectivity index (χ4v) is 4.77. The van der Waals surface area contributed by atoms with Crippen LogP contribution in [0.5, 0.6) is 0 Å². The Morgan fingerprint density at radius 2 is 1.79 bits per heavy atom. The molecule has 1 aliphatic heterocycles. The second-order valence-electron chi connectivity index (χ2n) is 9.15. The van der Waals surface area contributed by atoms with Crippen molar-refractivity contribution in [3.63, 3.8) is 0 Å². The second kappa shape index (κ2) is 8.06. The fraction of sp³-hybridized carbons (Fsp3) is 0.346. The average Bonchev–Trinajstić information content (AvgIpc) is 3.19. The first-order chi connectivity index (χ1) is 15.9. The van der Waals surface area contributed by atoms with E-state index in [0.29, 0.717) is 29.6 Å². The predicted octanol–water partition coefficient (Wildman–Crippen LogP) is 3.60. The van der Waals surface area contributed by atoms with Crippen LogP contribution in [0.4, 0.5) is 11.6 Å². The first-order valence-electron chi connectivity index (χ1n) is 11.5. The Morgan fingerprint density at radius 1 is 1.03 bits per heavy atom. The number of benzene rings is 2. The van der Waals surface area contributed by atoms with Crippen LogP contribution < -0.4 is 16.1 Å². The summed E-state index contributed by atoms with van der Waals surface area (Å²) in [7, 11) is 1.69. The molecule has 0 spiro atoms. The Hall–Kier alpha value is -3.61. The van der Waals surface area contributed by atoms with Gasteiger partial charge in [-0.1, -0.05) is 55.8 Å². The van der Waals surface area contributed by atoms with E-state index in [4.69, 9.17) is 4.98 Å². The van der Waals surface area contributed by atoms with Crippen molar-refractivity contribution < 1.29 is 0 Å². The molecule has 0 amide bonds. The fourth-order valence-electron chi connectivity index (χ4n) is 4.77. The van der Waals surface area contributed by atoms with Crippen molar-refractivity contribution >= 4 is 22.8 Å². The molecule has 0 radical (unpaired) electrons. The van der Waals surface area contributed by atoms with Crippen LogP contribution in [0.3, 0.4) is 0 Å². The molecule has 0 saturated carbocycles. The highest BCUT2D eigenvalue weighted by Gasteiger charge is 2.29. The summed E-state index contributed by atoms with van der Waals surface area (Å²) in [6.07, 6.45) is 0.984. The normalized spacial score (nSPS) is 15.8. The lowest BCUT2D eigenvalue weighted by molar-refractivity contribution is 0.458. The molecule has 2 aromatic heterocycles. The van der Waals surface area contributed by atoms with Gasteiger partial charge in [0.25, 0.3) is 5.56 Å². The summed E-state index contributed by atoms with van der Waals surface area (Å²) in [5.41, 5.74) is 4.63. The van der Waals surface area contributed by atoms with E-state index in [9.17, 15) is 9.59 Å². The number of aryl methyl sites for hydroxylation is 3. The van der Waals surface area contributed by atoms with E-state index in [-0.39, 0.29) is 17.8 Å². The van der Waals surface area contributed by atoms with Gasteiger partial charge in [-0.2, -0.15) is 4.98 Å². The molecule has 5 rings (SSSR count). The zero-order valence-electron chi connectivity index (χ0n) is 19.6. The third-order valence-electron chi connectivity index (χ3n) is 6.52. The predicted molar refractivity (Wildman–Crippen MR) is 132 cm³/mol. The third kappa shape index (κ3) is 3.57. The highest BCUT2D eigenvalue weighted by molar-refractivity contribution is 5.77. The first kappa shape index (κ1) is 21.2. The zero-order chi connectivity index (χ0) is 23.3. The molecule has 3 heterocycles. The van der Waals surface area contributed by atoms with Crippen molar-refractivity contribution in [3.8, 4) is 0 Å². The lowest BCUT2D eigenvalue weighted by Gasteiger charge is -2.33. The molecular weight excluding hydrogens is 414 g/mol. The molecule has 0 saturated heterocycles. The Morgan fingerprint density at radius 3 is 2.48 bits per heavy atom. The van der Waals surface area contributed by atoms with Crippen molar-refractivity contribution in [2.24, 2.45) is 13.0 Å². The quantitative estimate of drug-likeness (QED) is 0.483. The summed E-state index contributed by atoms with van der Waals surface area (Å²) < 4.78 is 4.82. The zero-order valence-corrected chi connectivity index (χ0v) is 19.6. The number of aromatic nitrogens is 4. The summed E-state index contributed by atoms with van der Waals surface area (Å²) >= 11 is 0. The van der Waals surface area contributed by atoms with Crippen LogP contribution in [-0.4, -0.2) is 25.2 Å². The molecule has 1 aliphatic rings. The number of hydrogen-bond donors (Lipinski definition) is 0. The molecular formula is C26H29N5O2.